The van der Waals surface area contributed by atoms with E-state index in [1.807, 2.05) is 13.8 Å². The number of aliphatic hydroxyl groups is 1. The molecule has 0 spiro atoms. The van der Waals surface area contributed by atoms with E-state index in [0.717, 1.165) is 32.1 Å². The topological polar surface area (TPSA) is 99.1 Å². The maximum absolute atomic E-state index is 12.3. The van der Waals surface area contributed by atoms with Crippen molar-refractivity contribution in [1.82, 2.24) is 0 Å². The first-order valence-electron chi connectivity index (χ1n) is 10.1. The molecule has 27 heavy (non-hydrogen) atoms. The Morgan fingerprint density at radius 3 is 1.56 bits per heavy atom. The third-order valence-electron chi connectivity index (χ3n) is 4.01. The van der Waals surface area contributed by atoms with Crippen LogP contribution in [0.5, 0.6) is 0 Å². The highest BCUT2D eigenvalue weighted by Gasteiger charge is 2.43. The van der Waals surface area contributed by atoms with Gasteiger partial charge < -0.3 is 19.3 Å². The van der Waals surface area contributed by atoms with Crippen LogP contribution < -0.4 is 0 Å². The minimum atomic E-state index is -2.27. The van der Waals surface area contributed by atoms with Gasteiger partial charge in [0, 0.05) is 0 Å². The molecule has 0 fully saturated rings. The summed E-state index contributed by atoms with van der Waals surface area (Å²) in [5, 5.41) is 10.7. The quantitative estimate of drug-likeness (QED) is 0.246. The predicted molar refractivity (Wildman–Crippen MR) is 101 cm³/mol. The molecular weight excluding hydrogens is 352 g/mol. The highest BCUT2D eigenvalue weighted by Crippen LogP contribution is 2.20. The van der Waals surface area contributed by atoms with Crippen molar-refractivity contribution in [2.75, 3.05) is 19.8 Å². The number of rotatable bonds is 16. The summed E-state index contributed by atoms with van der Waals surface area (Å²) in [4.78, 5) is 36.2. The molecule has 0 heterocycles. The molecule has 7 nitrogen and oxygen atoms in total. The first kappa shape index (κ1) is 25.4. The van der Waals surface area contributed by atoms with Gasteiger partial charge in [0.25, 0.3) is 0 Å². The van der Waals surface area contributed by atoms with Gasteiger partial charge in [0.2, 0.25) is 0 Å². The molecule has 0 saturated heterocycles. The Morgan fingerprint density at radius 2 is 1.11 bits per heavy atom. The first-order valence-corrected chi connectivity index (χ1v) is 10.1. The molecule has 0 rings (SSSR count). The van der Waals surface area contributed by atoms with Gasteiger partial charge >= 0.3 is 17.9 Å². The fraction of sp³-hybridized carbons (Fsp3) is 0.850. The molecule has 158 valence electrons. The van der Waals surface area contributed by atoms with Crippen LogP contribution in [0.15, 0.2) is 0 Å². The summed E-state index contributed by atoms with van der Waals surface area (Å²) >= 11 is 0. The molecule has 1 N–H and O–H groups in total. The molecule has 0 aliphatic rings. The van der Waals surface area contributed by atoms with E-state index in [4.69, 9.17) is 14.2 Å². The molecular formula is C20H36O7. The summed E-state index contributed by atoms with van der Waals surface area (Å²) in [5.41, 5.74) is -2.27. The van der Waals surface area contributed by atoms with E-state index >= 15 is 0 Å². The molecule has 0 amide bonds. The molecule has 0 radical (unpaired) electrons. The fourth-order valence-electron chi connectivity index (χ4n) is 2.28. The van der Waals surface area contributed by atoms with Gasteiger partial charge in [-0.3, -0.25) is 9.59 Å². The molecule has 0 saturated carbocycles. The average Bonchev–Trinajstić information content (AvgIpc) is 2.61. The maximum Gasteiger partial charge on any atom is 0.339 e. The van der Waals surface area contributed by atoms with Crippen LogP contribution in [-0.2, 0) is 28.6 Å². The molecule has 0 aliphatic heterocycles. The van der Waals surface area contributed by atoms with E-state index in [-0.39, 0.29) is 19.8 Å². The molecule has 0 unspecified atom stereocenters. The fourth-order valence-corrected chi connectivity index (χ4v) is 2.28. The SMILES string of the molecule is CCCCCCOC(=O)C(O)(CC(=O)OCCCC)CC(=O)OCCCC. The zero-order valence-electron chi connectivity index (χ0n) is 17.1. The molecule has 7 heteroatoms. The van der Waals surface area contributed by atoms with Crippen LogP contribution in [0.4, 0.5) is 0 Å². The van der Waals surface area contributed by atoms with E-state index in [9.17, 15) is 19.5 Å². The van der Waals surface area contributed by atoms with Gasteiger partial charge in [-0.05, 0) is 19.3 Å². The van der Waals surface area contributed by atoms with Crippen LogP contribution >= 0.6 is 0 Å². The van der Waals surface area contributed by atoms with E-state index in [2.05, 4.69) is 6.92 Å². The summed E-state index contributed by atoms with van der Waals surface area (Å²) in [6.45, 7) is 6.52. The molecule has 0 aromatic rings. The normalized spacial score (nSPS) is 11.1. The van der Waals surface area contributed by atoms with E-state index in [1.54, 1.807) is 0 Å². The van der Waals surface area contributed by atoms with Crippen LogP contribution in [0.2, 0.25) is 0 Å². The lowest BCUT2D eigenvalue weighted by atomic mass is 9.95. The second-order valence-electron chi connectivity index (χ2n) is 6.73. The summed E-state index contributed by atoms with van der Waals surface area (Å²) in [6.07, 6.45) is 5.44. The van der Waals surface area contributed by atoms with Crippen molar-refractivity contribution in [3.8, 4) is 0 Å². The summed E-state index contributed by atoms with van der Waals surface area (Å²) in [5.74, 6) is -2.47. The molecule has 0 atom stereocenters. The molecule has 0 aromatic heterocycles. The number of esters is 3. The summed E-state index contributed by atoms with van der Waals surface area (Å²) in [6, 6.07) is 0. The maximum atomic E-state index is 12.3. The van der Waals surface area contributed by atoms with Crippen LogP contribution in [-0.4, -0.2) is 48.4 Å². The average molecular weight is 389 g/mol. The van der Waals surface area contributed by atoms with Crippen molar-refractivity contribution in [2.24, 2.45) is 0 Å². The highest BCUT2D eigenvalue weighted by atomic mass is 16.6. The highest BCUT2D eigenvalue weighted by molar-refractivity contribution is 5.90. The Bertz CT molecular complexity index is 410. The van der Waals surface area contributed by atoms with Crippen LogP contribution in [0.3, 0.4) is 0 Å². The zero-order valence-corrected chi connectivity index (χ0v) is 17.1. The Morgan fingerprint density at radius 1 is 0.667 bits per heavy atom. The Labute approximate surface area is 162 Å². The summed E-state index contributed by atoms with van der Waals surface area (Å²) in [7, 11) is 0. The smallest absolute Gasteiger partial charge is 0.339 e. The van der Waals surface area contributed by atoms with Crippen molar-refractivity contribution in [3.05, 3.63) is 0 Å². The molecule has 0 bridgehead atoms. The van der Waals surface area contributed by atoms with E-state index < -0.39 is 36.4 Å². The molecule has 0 aliphatic carbocycles. The molecule has 0 aromatic carbocycles. The van der Waals surface area contributed by atoms with Gasteiger partial charge in [0.1, 0.15) is 0 Å². The lowest BCUT2D eigenvalue weighted by molar-refractivity contribution is -0.178. The number of hydrogen-bond acceptors (Lipinski definition) is 7. The number of carbonyl (C=O) groups excluding carboxylic acids is 3. The van der Waals surface area contributed by atoms with Gasteiger partial charge in [-0.15, -0.1) is 0 Å². The Hall–Kier alpha value is -1.63. The third kappa shape index (κ3) is 12.4. The number of carbonyl (C=O) groups is 3. The Kier molecular flexibility index (Phi) is 14.5. The zero-order chi connectivity index (χ0) is 20.5. The van der Waals surface area contributed by atoms with Crippen molar-refractivity contribution in [1.29, 1.82) is 0 Å². The van der Waals surface area contributed by atoms with E-state index in [1.165, 1.54) is 0 Å². The van der Waals surface area contributed by atoms with Crippen LogP contribution in [0.25, 0.3) is 0 Å². The Balaban J connectivity index is 4.76. The first-order chi connectivity index (χ1) is 12.9. The predicted octanol–water partition coefficient (Wildman–Crippen LogP) is 3.31. The number of unbranched alkanes of at least 4 members (excludes halogenated alkanes) is 5. The minimum absolute atomic E-state index is 0.136. The number of ether oxygens (including phenoxy) is 3. The monoisotopic (exact) mass is 388 g/mol. The van der Waals surface area contributed by atoms with Gasteiger partial charge in [0.15, 0.2) is 5.60 Å². The van der Waals surface area contributed by atoms with Crippen molar-refractivity contribution >= 4 is 17.9 Å². The van der Waals surface area contributed by atoms with Crippen molar-refractivity contribution in [3.63, 3.8) is 0 Å². The minimum Gasteiger partial charge on any atom is -0.466 e. The summed E-state index contributed by atoms with van der Waals surface area (Å²) < 4.78 is 15.1. The second kappa shape index (κ2) is 15.4. The third-order valence-corrected chi connectivity index (χ3v) is 4.01. The van der Waals surface area contributed by atoms with Gasteiger partial charge in [0.05, 0.1) is 32.7 Å². The standard InChI is InChI=1S/C20H36O7/c1-4-7-10-11-14-27-19(23)20(24,15-17(21)25-12-8-5-2)16-18(22)26-13-9-6-3/h24H,4-16H2,1-3H3. The lowest BCUT2D eigenvalue weighted by Gasteiger charge is -2.24. The van der Waals surface area contributed by atoms with E-state index in [0.29, 0.717) is 19.3 Å². The van der Waals surface area contributed by atoms with Crippen LogP contribution in [0.1, 0.15) is 85.0 Å². The van der Waals surface area contributed by atoms with Crippen LogP contribution in [0, 0.1) is 0 Å². The van der Waals surface area contributed by atoms with Crippen molar-refractivity contribution in [2.45, 2.75) is 90.6 Å². The lowest BCUT2D eigenvalue weighted by Crippen LogP contribution is -2.45. The number of hydrogen-bond donors (Lipinski definition) is 1. The van der Waals surface area contributed by atoms with Gasteiger partial charge in [-0.25, -0.2) is 4.79 Å². The van der Waals surface area contributed by atoms with Gasteiger partial charge in [-0.2, -0.15) is 0 Å². The van der Waals surface area contributed by atoms with Gasteiger partial charge in [-0.1, -0.05) is 52.9 Å². The largest absolute Gasteiger partial charge is 0.466 e. The van der Waals surface area contributed by atoms with Crippen molar-refractivity contribution < 1.29 is 33.7 Å². The second-order valence-corrected chi connectivity index (χ2v) is 6.73.